The molecule has 0 bridgehead atoms. The fraction of sp³-hybridized carbons (Fsp3) is 0.0400. The number of phenols is 5. The lowest BCUT2D eigenvalue weighted by molar-refractivity contribution is 0.321. The van der Waals surface area contributed by atoms with E-state index in [0.717, 1.165) is 44.5 Å². The third-order valence-electron chi connectivity index (χ3n) is 11.5. The van der Waals surface area contributed by atoms with Crippen molar-refractivity contribution in [1.29, 1.82) is 0 Å². The highest BCUT2D eigenvalue weighted by atomic mass is 16.4. The predicted octanol–water partition coefficient (Wildman–Crippen LogP) is 11.7. The van der Waals surface area contributed by atoms with Gasteiger partial charge in [0.25, 0.3) is 0 Å². The Bertz CT molecular complexity index is 2940. The van der Waals surface area contributed by atoms with Gasteiger partial charge in [-0.05, 0) is 88.5 Å². The number of fused-ring (bicyclic) bond motifs is 7. The second kappa shape index (κ2) is 12.4. The van der Waals surface area contributed by atoms with Crippen LogP contribution in [0.3, 0.4) is 0 Å². The highest BCUT2D eigenvalue weighted by Gasteiger charge is 2.40. The minimum absolute atomic E-state index is 0.0504. The summed E-state index contributed by atoms with van der Waals surface area (Å²) in [6.45, 7) is 0. The minimum atomic E-state index is -0.968. The summed E-state index contributed by atoms with van der Waals surface area (Å²) in [6.07, 6.45) is 7.89. The number of hydrogen-bond acceptors (Lipinski definition) is 5. The van der Waals surface area contributed by atoms with Gasteiger partial charge in [0.2, 0.25) is 17.2 Å². The van der Waals surface area contributed by atoms with Crippen LogP contribution in [0, 0.1) is 5.92 Å². The van der Waals surface area contributed by atoms with Crippen LogP contribution in [-0.4, -0.2) is 25.5 Å². The molecule has 0 aliphatic heterocycles. The average Bonchev–Trinajstić information content (AvgIpc) is 3.24. The van der Waals surface area contributed by atoms with E-state index in [1.54, 1.807) is 0 Å². The van der Waals surface area contributed by atoms with Gasteiger partial charge in [0, 0.05) is 11.8 Å². The molecule has 0 fully saturated rings. The van der Waals surface area contributed by atoms with Gasteiger partial charge in [0.15, 0.2) is 11.5 Å². The largest absolute Gasteiger partial charge is 0.504 e. The first-order valence-corrected chi connectivity index (χ1v) is 18.3. The Morgan fingerprint density at radius 1 is 0.400 bits per heavy atom. The van der Waals surface area contributed by atoms with E-state index in [9.17, 15) is 25.5 Å². The predicted molar refractivity (Wildman–Crippen MR) is 221 cm³/mol. The molecule has 55 heavy (non-hydrogen) atoms. The van der Waals surface area contributed by atoms with Crippen LogP contribution in [0.25, 0.3) is 60.1 Å². The number of aromatic hydroxyl groups is 5. The van der Waals surface area contributed by atoms with E-state index in [1.165, 1.54) is 37.9 Å². The monoisotopic (exact) mass is 714 g/mol. The van der Waals surface area contributed by atoms with Crippen LogP contribution in [0.2, 0.25) is 0 Å². The zero-order valence-corrected chi connectivity index (χ0v) is 29.5. The summed E-state index contributed by atoms with van der Waals surface area (Å²) in [5.74, 6) is -5.08. The maximum atomic E-state index is 11.0. The Morgan fingerprint density at radius 3 is 1.69 bits per heavy atom. The average molecular weight is 715 g/mol. The summed E-state index contributed by atoms with van der Waals surface area (Å²) < 4.78 is 0. The molecule has 0 amide bonds. The summed E-state index contributed by atoms with van der Waals surface area (Å²) in [5, 5.41) is 60.6. The van der Waals surface area contributed by atoms with E-state index in [4.69, 9.17) is 0 Å². The van der Waals surface area contributed by atoms with E-state index >= 15 is 0 Å². The molecule has 0 heterocycles. The van der Waals surface area contributed by atoms with Crippen molar-refractivity contribution >= 4 is 37.9 Å². The number of allylic oxidation sites excluding steroid dienone is 5. The van der Waals surface area contributed by atoms with Crippen molar-refractivity contribution in [2.24, 2.45) is 5.92 Å². The van der Waals surface area contributed by atoms with Gasteiger partial charge in [-0.3, -0.25) is 0 Å². The lowest BCUT2D eigenvalue weighted by Crippen LogP contribution is -2.23. The van der Waals surface area contributed by atoms with Gasteiger partial charge < -0.3 is 25.5 Å². The Hall–Kier alpha value is -7.24. The van der Waals surface area contributed by atoms with Gasteiger partial charge in [0.05, 0.1) is 5.56 Å². The number of rotatable bonds is 4. The highest BCUT2D eigenvalue weighted by molar-refractivity contribution is 6.21. The van der Waals surface area contributed by atoms with Crippen LogP contribution in [0.5, 0.6) is 28.7 Å². The molecule has 5 N–H and O–H groups in total. The smallest absolute Gasteiger partial charge is 0.208 e. The second-order valence-electron chi connectivity index (χ2n) is 14.3. The molecular formula is C50H34O5. The molecule has 0 saturated heterocycles. The summed E-state index contributed by atoms with van der Waals surface area (Å²) in [5.41, 5.74) is 9.17. The Labute approximate surface area is 317 Å². The molecule has 2 atom stereocenters. The molecule has 0 aromatic heterocycles. The summed E-state index contributed by atoms with van der Waals surface area (Å²) in [4.78, 5) is 0. The Kier molecular flexibility index (Phi) is 7.32. The SMILES string of the molecule is Oc1c(O)c(O)c(C2c3ccccc3C(c3ccc(-c4ccc(-c5cc6c7ccccc7ccc6c6ccccc56)cc4)cc3)=C3C=CC=CC32)c(O)c1O. The quantitative estimate of drug-likeness (QED) is 0.0710. The van der Waals surface area contributed by atoms with Crippen LogP contribution >= 0.6 is 0 Å². The van der Waals surface area contributed by atoms with Crippen LogP contribution in [0.4, 0.5) is 0 Å². The lowest BCUT2D eigenvalue weighted by atomic mass is 9.66. The fourth-order valence-electron chi connectivity index (χ4n) is 8.87. The Morgan fingerprint density at radius 2 is 0.964 bits per heavy atom. The van der Waals surface area contributed by atoms with E-state index in [2.05, 4.69) is 115 Å². The van der Waals surface area contributed by atoms with Gasteiger partial charge in [-0.2, -0.15) is 0 Å². The number of benzene rings is 8. The molecule has 5 heteroatoms. The van der Waals surface area contributed by atoms with Crippen LogP contribution in [-0.2, 0) is 0 Å². The molecule has 0 spiro atoms. The van der Waals surface area contributed by atoms with Crippen LogP contribution in [0.15, 0.2) is 169 Å². The van der Waals surface area contributed by atoms with E-state index in [0.29, 0.717) is 0 Å². The zero-order valence-electron chi connectivity index (χ0n) is 29.5. The van der Waals surface area contributed by atoms with Crippen molar-refractivity contribution in [3.05, 3.63) is 192 Å². The highest BCUT2D eigenvalue weighted by Crippen LogP contribution is 2.59. The molecule has 5 nitrogen and oxygen atoms in total. The van der Waals surface area contributed by atoms with Crippen molar-refractivity contribution < 1.29 is 25.5 Å². The lowest BCUT2D eigenvalue weighted by Gasteiger charge is -2.37. The second-order valence-corrected chi connectivity index (χ2v) is 14.3. The van der Waals surface area contributed by atoms with Crippen molar-refractivity contribution in [2.45, 2.75) is 5.92 Å². The molecule has 8 aromatic carbocycles. The summed E-state index contributed by atoms with van der Waals surface area (Å²) in [6, 6.07) is 49.0. The van der Waals surface area contributed by atoms with Crippen molar-refractivity contribution in [3.8, 4) is 51.0 Å². The molecule has 264 valence electrons. The molecule has 8 aromatic rings. The van der Waals surface area contributed by atoms with E-state index in [1.807, 2.05) is 48.6 Å². The van der Waals surface area contributed by atoms with Gasteiger partial charge in [-0.15, -0.1) is 0 Å². The summed E-state index contributed by atoms with van der Waals surface area (Å²) >= 11 is 0. The molecular weight excluding hydrogens is 681 g/mol. The molecule has 2 aliphatic rings. The van der Waals surface area contributed by atoms with Gasteiger partial charge in [-0.25, -0.2) is 0 Å². The topological polar surface area (TPSA) is 101 Å². The fourth-order valence-corrected chi connectivity index (χ4v) is 8.87. The maximum Gasteiger partial charge on any atom is 0.208 e. The van der Waals surface area contributed by atoms with E-state index in [-0.39, 0.29) is 11.5 Å². The van der Waals surface area contributed by atoms with Crippen LogP contribution < -0.4 is 0 Å². The zero-order chi connectivity index (χ0) is 37.4. The van der Waals surface area contributed by atoms with Crippen molar-refractivity contribution in [2.75, 3.05) is 0 Å². The molecule has 0 saturated carbocycles. The minimum Gasteiger partial charge on any atom is -0.504 e. The van der Waals surface area contributed by atoms with Crippen LogP contribution in [0.1, 0.15) is 28.2 Å². The molecule has 2 unspecified atom stereocenters. The van der Waals surface area contributed by atoms with Gasteiger partial charge >= 0.3 is 0 Å². The first kappa shape index (κ1) is 32.4. The first-order valence-electron chi connectivity index (χ1n) is 18.3. The molecule has 2 aliphatic carbocycles. The Balaban J connectivity index is 1.04. The molecule has 0 radical (unpaired) electrons. The number of hydrogen-bond donors (Lipinski definition) is 5. The number of phenolic OH excluding ortho intramolecular Hbond substituents is 5. The third kappa shape index (κ3) is 4.94. The normalized spacial score (nSPS) is 16.1. The first-order chi connectivity index (χ1) is 26.9. The maximum absolute atomic E-state index is 11.0. The molecule has 10 rings (SSSR count). The van der Waals surface area contributed by atoms with Crippen molar-refractivity contribution in [1.82, 2.24) is 0 Å². The third-order valence-corrected chi connectivity index (χ3v) is 11.5. The van der Waals surface area contributed by atoms with Crippen molar-refractivity contribution in [3.63, 3.8) is 0 Å². The standard InChI is InChI=1S/C50H34O5/c51-46-45(47(52)49(54)50(55)48(46)53)44-39-15-7-5-13-37(39)43(38-14-6-8-16-40(38)44)32-23-19-29(20-24-32)28-17-21-31(22-18-28)41-27-42-33-10-2-1-9-30(33)25-26-36(42)34-11-3-4-12-35(34)41/h1-27,39,44,51-55H. The summed E-state index contributed by atoms with van der Waals surface area (Å²) in [7, 11) is 0. The van der Waals surface area contributed by atoms with Gasteiger partial charge in [-0.1, -0.05) is 158 Å². The van der Waals surface area contributed by atoms with Gasteiger partial charge in [0.1, 0.15) is 0 Å². The van der Waals surface area contributed by atoms with E-state index < -0.39 is 34.7 Å².